The normalized spacial score (nSPS) is 14.0. The minimum atomic E-state index is 0.662. The first kappa shape index (κ1) is 13.9. The predicted octanol–water partition coefficient (Wildman–Crippen LogP) is 2.78. The molecule has 3 aromatic heterocycles. The molecule has 0 atom stereocenters. The number of aromatic amines is 1. The molecule has 4 rings (SSSR count). The van der Waals surface area contributed by atoms with Crippen LogP contribution in [0.4, 0.5) is 5.95 Å². The average molecular weight is 306 g/mol. The second kappa shape index (κ2) is 5.79. The first-order chi connectivity index (χ1) is 11.3. The second-order valence-electron chi connectivity index (χ2n) is 5.93. The van der Waals surface area contributed by atoms with Crippen molar-refractivity contribution in [2.45, 2.75) is 25.3 Å². The maximum Gasteiger partial charge on any atom is 0.225 e. The molecule has 1 aliphatic carbocycles. The predicted molar refractivity (Wildman–Crippen MR) is 87.9 cm³/mol. The van der Waals surface area contributed by atoms with Crippen LogP contribution in [-0.4, -0.2) is 32.2 Å². The van der Waals surface area contributed by atoms with Crippen molar-refractivity contribution in [1.29, 1.82) is 0 Å². The summed E-state index contributed by atoms with van der Waals surface area (Å²) in [5.74, 6) is 1.35. The van der Waals surface area contributed by atoms with E-state index in [1.165, 1.54) is 18.5 Å². The highest BCUT2D eigenvalue weighted by molar-refractivity contribution is 5.58. The second-order valence-corrected chi connectivity index (χ2v) is 5.93. The first-order valence-electron chi connectivity index (χ1n) is 7.78. The molecule has 0 aromatic carbocycles. The van der Waals surface area contributed by atoms with Crippen LogP contribution in [0.5, 0.6) is 0 Å². The summed E-state index contributed by atoms with van der Waals surface area (Å²) >= 11 is 0. The van der Waals surface area contributed by atoms with Crippen molar-refractivity contribution in [3.05, 3.63) is 54.2 Å². The Morgan fingerprint density at radius 1 is 1.26 bits per heavy atom. The molecule has 0 radical (unpaired) electrons. The van der Waals surface area contributed by atoms with Gasteiger partial charge in [0, 0.05) is 37.1 Å². The molecule has 116 valence electrons. The highest BCUT2D eigenvalue weighted by atomic mass is 15.2. The molecule has 0 amide bonds. The van der Waals surface area contributed by atoms with Gasteiger partial charge in [0.05, 0.1) is 23.6 Å². The van der Waals surface area contributed by atoms with Crippen LogP contribution in [0.25, 0.3) is 11.3 Å². The van der Waals surface area contributed by atoms with Gasteiger partial charge in [-0.25, -0.2) is 9.97 Å². The number of anilines is 1. The summed E-state index contributed by atoms with van der Waals surface area (Å²) in [6.07, 6.45) is 7.87. The molecule has 0 aliphatic heterocycles. The number of hydrogen-bond acceptors (Lipinski definition) is 5. The van der Waals surface area contributed by atoms with Gasteiger partial charge in [-0.05, 0) is 37.1 Å². The molecular weight excluding hydrogens is 288 g/mol. The Morgan fingerprint density at radius 3 is 2.96 bits per heavy atom. The van der Waals surface area contributed by atoms with Crippen LogP contribution in [0.15, 0.2) is 42.9 Å². The summed E-state index contributed by atoms with van der Waals surface area (Å²) in [5.41, 5.74) is 4.13. The third kappa shape index (κ3) is 3.06. The zero-order chi connectivity index (χ0) is 15.6. The van der Waals surface area contributed by atoms with E-state index in [0.29, 0.717) is 18.4 Å². The largest absolute Gasteiger partial charge is 0.338 e. The molecular formula is C17H18N6. The monoisotopic (exact) mass is 306 g/mol. The number of H-pyrrole nitrogens is 1. The summed E-state index contributed by atoms with van der Waals surface area (Å²) in [6, 6.07) is 7.95. The van der Waals surface area contributed by atoms with Gasteiger partial charge in [-0.3, -0.25) is 10.1 Å². The van der Waals surface area contributed by atoms with Gasteiger partial charge in [-0.2, -0.15) is 5.10 Å². The zero-order valence-electron chi connectivity index (χ0n) is 13.0. The third-order valence-electron chi connectivity index (χ3n) is 4.00. The van der Waals surface area contributed by atoms with E-state index in [-0.39, 0.29) is 0 Å². The van der Waals surface area contributed by atoms with Crippen LogP contribution in [-0.2, 0) is 6.54 Å². The van der Waals surface area contributed by atoms with E-state index in [4.69, 9.17) is 0 Å². The quantitative estimate of drug-likeness (QED) is 0.785. The van der Waals surface area contributed by atoms with E-state index in [9.17, 15) is 0 Å². The molecule has 0 spiro atoms. The molecule has 0 unspecified atom stereocenters. The van der Waals surface area contributed by atoms with Crippen molar-refractivity contribution in [1.82, 2.24) is 25.1 Å². The molecule has 3 heterocycles. The smallest absolute Gasteiger partial charge is 0.225 e. The van der Waals surface area contributed by atoms with Crippen molar-refractivity contribution in [2.75, 3.05) is 11.9 Å². The molecule has 6 nitrogen and oxygen atoms in total. The van der Waals surface area contributed by atoms with E-state index in [1.807, 2.05) is 36.3 Å². The van der Waals surface area contributed by atoms with E-state index >= 15 is 0 Å². The average Bonchev–Trinajstić information content (AvgIpc) is 3.36. The summed E-state index contributed by atoms with van der Waals surface area (Å²) in [4.78, 5) is 15.2. The fourth-order valence-corrected chi connectivity index (χ4v) is 2.58. The van der Waals surface area contributed by atoms with Gasteiger partial charge in [0.2, 0.25) is 5.95 Å². The van der Waals surface area contributed by atoms with E-state index in [1.54, 1.807) is 12.4 Å². The summed E-state index contributed by atoms with van der Waals surface area (Å²) < 4.78 is 0. The molecule has 1 N–H and O–H groups in total. The number of pyridine rings is 1. The fourth-order valence-electron chi connectivity index (χ4n) is 2.58. The van der Waals surface area contributed by atoms with Gasteiger partial charge in [0.25, 0.3) is 0 Å². The lowest BCUT2D eigenvalue weighted by Gasteiger charge is -2.16. The van der Waals surface area contributed by atoms with Crippen LogP contribution in [0, 0.1) is 0 Å². The number of nitrogens with zero attached hydrogens (tertiary/aromatic N) is 5. The number of nitrogens with one attached hydrogen (secondary N) is 1. The molecule has 23 heavy (non-hydrogen) atoms. The Labute approximate surface area is 134 Å². The Hall–Kier alpha value is -2.76. The van der Waals surface area contributed by atoms with Gasteiger partial charge in [0.15, 0.2) is 0 Å². The van der Waals surface area contributed by atoms with Crippen molar-refractivity contribution in [2.24, 2.45) is 0 Å². The molecule has 0 saturated heterocycles. The standard InChI is InChI=1S/C17H18N6/c1-23(11-14-9-16(22-21-14)12-4-5-12)17-19-8-6-15(20-17)13-3-2-7-18-10-13/h2-3,6-10,12H,4-5,11H2,1H3,(H,21,22). The van der Waals surface area contributed by atoms with Crippen molar-refractivity contribution in [3.63, 3.8) is 0 Å². The third-order valence-corrected chi connectivity index (χ3v) is 4.00. The lowest BCUT2D eigenvalue weighted by Crippen LogP contribution is -2.19. The van der Waals surface area contributed by atoms with Crippen molar-refractivity contribution in [3.8, 4) is 11.3 Å². The van der Waals surface area contributed by atoms with Crippen LogP contribution >= 0.6 is 0 Å². The van der Waals surface area contributed by atoms with Gasteiger partial charge in [-0.15, -0.1) is 0 Å². The zero-order valence-corrected chi connectivity index (χ0v) is 13.0. The first-order valence-corrected chi connectivity index (χ1v) is 7.78. The van der Waals surface area contributed by atoms with Gasteiger partial charge in [-0.1, -0.05) is 0 Å². The lowest BCUT2D eigenvalue weighted by molar-refractivity contribution is 0.830. The molecule has 6 heteroatoms. The van der Waals surface area contributed by atoms with Crippen LogP contribution in [0.3, 0.4) is 0 Å². The van der Waals surface area contributed by atoms with Gasteiger partial charge < -0.3 is 4.90 Å². The van der Waals surface area contributed by atoms with Crippen LogP contribution < -0.4 is 4.90 Å². The Bertz CT molecular complexity index is 794. The maximum atomic E-state index is 4.63. The minimum absolute atomic E-state index is 0.662. The van der Waals surface area contributed by atoms with E-state index in [2.05, 4.69) is 31.2 Å². The molecule has 3 aromatic rings. The summed E-state index contributed by atoms with van der Waals surface area (Å²) in [7, 11) is 1.99. The highest BCUT2D eigenvalue weighted by Crippen LogP contribution is 2.39. The molecule has 1 fully saturated rings. The minimum Gasteiger partial charge on any atom is -0.338 e. The van der Waals surface area contributed by atoms with E-state index in [0.717, 1.165) is 17.0 Å². The fraction of sp³-hybridized carbons (Fsp3) is 0.294. The van der Waals surface area contributed by atoms with Gasteiger partial charge in [0.1, 0.15) is 0 Å². The van der Waals surface area contributed by atoms with Crippen molar-refractivity contribution < 1.29 is 0 Å². The van der Waals surface area contributed by atoms with Crippen LogP contribution in [0.1, 0.15) is 30.1 Å². The number of rotatable bonds is 5. The maximum absolute atomic E-state index is 4.63. The lowest BCUT2D eigenvalue weighted by atomic mass is 10.2. The van der Waals surface area contributed by atoms with Crippen molar-refractivity contribution >= 4 is 5.95 Å². The number of aromatic nitrogens is 5. The van der Waals surface area contributed by atoms with E-state index < -0.39 is 0 Å². The van der Waals surface area contributed by atoms with Gasteiger partial charge >= 0.3 is 0 Å². The molecule has 1 aliphatic rings. The summed E-state index contributed by atoms with van der Waals surface area (Å²) in [5, 5.41) is 7.51. The Kier molecular flexibility index (Phi) is 3.49. The Balaban J connectivity index is 1.52. The molecule has 1 saturated carbocycles. The topological polar surface area (TPSA) is 70.6 Å². The summed E-state index contributed by atoms with van der Waals surface area (Å²) in [6.45, 7) is 0.705. The van der Waals surface area contributed by atoms with Crippen LogP contribution in [0.2, 0.25) is 0 Å². The molecule has 0 bridgehead atoms. The Morgan fingerprint density at radius 2 is 2.17 bits per heavy atom. The SMILES string of the molecule is CN(Cc1cc(C2CC2)n[nH]1)c1nccc(-c2cccnc2)n1. The number of hydrogen-bond donors (Lipinski definition) is 1. The highest BCUT2D eigenvalue weighted by Gasteiger charge is 2.26.